The largest absolute Gasteiger partial charge is 0.493 e. The quantitative estimate of drug-likeness (QED) is 0.185. The maximum absolute atomic E-state index is 13.2. The highest BCUT2D eigenvalue weighted by atomic mass is 16.5. The summed E-state index contributed by atoms with van der Waals surface area (Å²) in [6.45, 7) is 2.41. The van der Waals surface area contributed by atoms with Gasteiger partial charge in [-0.1, -0.05) is 60.7 Å². The van der Waals surface area contributed by atoms with Crippen molar-refractivity contribution >= 4 is 40.6 Å². The zero-order valence-corrected chi connectivity index (χ0v) is 21.6. The summed E-state index contributed by atoms with van der Waals surface area (Å²) in [5, 5.41) is 8.92. The van der Waals surface area contributed by atoms with Crippen molar-refractivity contribution in [1.82, 2.24) is 10.7 Å². The number of benzene rings is 4. The van der Waals surface area contributed by atoms with E-state index in [1.807, 2.05) is 92.6 Å². The molecule has 4 aromatic carbocycles. The van der Waals surface area contributed by atoms with E-state index in [9.17, 15) is 9.59 Å². The van der Waals surface area contributed by atoms with Crippen molar-refractivity contribution < 1.29 is 14.3 Å². The molecule has 0 radical (unpaired) electrons. The van der Waals surface area contributed by atoms with Crippen molar-refractivity contribution in [2.75, 3.05) is 25.6 Å². The second-order valence-electron chi connectivity index (χ2n) is 8.69. The first-order valence-electron chi connectivity index (χ1n) is 12.3. The molecule has 0 spiro atoms. The lowest BCUT2D eigenvalue weighted by Gasteiger charge is -2.13. The van der Waals surface area contributed by atoms with Gasteiger partial charge in [0.2, 0.25) is 0 Å². The Balaban J connectivity index is 1.61. The van der Waals surface area contributed by atoms with Crippen LogP contribution in [0.2, 0.25) is 0 Å². The molecular weight excluding hydrogens is 476 g/mol. The highest BCUT2D eigenvalue weighted by Gasteiger charge is 2.15. The minimum absolute atomic E-state index is 0.0663. The van der Waals surface area contributed by atoms with Gasteiger partial charge in [0.25, 0.3) is 11.8 Å². The Hall–Kier alpha value is -4.91. The molecule has 0 heterocycles. The van der Waals surface area contributed by atoms with Gasteiger partial charge in [0.15, 0.2) is 0 Å². The van der Waals surface area contributed by atoms with Crippen LogP contribution in [0.4, 0.5) is 5.69 Å². The lowest BCUT2D eigenvalue weighted by molar-refractivity contribution is -0.117. The summed E-state index contributed by atoms with van der Waals surface area (Å²) < 4.78 is 5.78. The van der Waals surface area contributed by atoms with Crippen molar-refractivity contribution in [2.45, 2.75) is 6.92 Å². The number of amides is 2. The minimum atomic E-state index is -0.555. The summed E-state index contributed by atoms with van der Waals surface area (Å²) in [6, 6.07) is 28.1. The lowest BCUT2D eigenvalue weighted by atomic mass is 10.0. The molecule has 2 N–H and O–H groups in total. The number of rotatable bonds is 9. The molecule has 0 aliphatic heterocycles. The van der Waals surface area contributed by atoms with E-state index in [1.165, 1.54) is 0 Å². The van der Waals surface area contributed by atoms with Crippen LogP contribution >= 0.6 is 0 Å². The van der Waals surface area contributed by atoms with E-state index < -0.39 is 11.8 Å². The topological polar surface area (TPSA) is 83.0 Å². The first kappa shape index (κ1) is 26.2. The van der Waals surface area contributed by atoms with E-state index in [1.54, 1.807) is 36.6 Å². The third kappa shape index (κ3) is 6.44. The van der Waals surface area contributed by atoms with E-state index in [0.717, 1.165) is 27.6 Å². The number of fused-ring (bicyclic) bond motifs is 1. The van der Waals surface area contributed by atoms with Crippen LogP contribution in [0, 0.1) is 0 Å². The number of carbonyl (C=O) groups is 2. The molecule has 7 nitrogen and oxygen atoms in total. The van der Waals surface area contributed by atoms with Crippen molar-refractivity contribution in [3.63, 3.8) is 0 Å². The zero-order chi connectivity index (χ0) is 26.9. The second-order valence-corrected chi connectivity index (χ2v) is 8.69. The van der Waals surface area contributed by atoms with Gasteiger partial charge in [-0.2, -0.15) is 5.10 Å². The molecule has 7 heteroatoms. The Morgan fingerprint density at radius 3 is 2.32 bits per heavy atom. The average Bonchev–Trinajstić information content (AvgIpc) is 2.94. The predicted molar refractivity (Wildman–Crippen MR) is 154 cm³/mol. The molecule has 0 atom stereocenters. The van der Waals surface area contributed by atoms with Crippen molar-refractivity contribution in [3.8, 4) is 5.75 Å². The molecule has 2 amide bonds. The zero-order valence-electron chi connectivity index (χ0n) is 21.6. The highest BCUT2D eigenvalue weighted by Crippen LogP contribution is 2.26. The third-order valence-electron chi connectivity index (χ3n) is 5.84. The van der Waals surface area contributed by atoms with Crippen LogP contribution < -0.4 is 20.4 Å². The average molecular weight is 507 g/mol. The van der Waals surface area contributed by atoms with Gasteiger partial charge in [-0.25, -0.2) is 5.43 Å². The molecule has 0 aliphatic rings. The van der Waals surface area contributed by atoms with Crippen molar-refractivity contribution in [1.29, 1.82) is 0 Å². The second kappa shape index (κ2) is 12.4. The van der Waals surface area contributed by atoms with Crippen LogP contribution in [-0.4, -0.2) is 38.7 Å². The standard InChI is InChI=1S/C31H30N4O3/c1-4-38-29-19-16-23-10-8-9-13-26(23)27(29)21-32-34-31(37)28(33-30(36)24-11-6-5-7-12-24)20-22-14-17-25(18-15-22)35(2)3/h5-21H,4H2,1-3H3,(H,33,36)(H,34,37). The number of hydrogen-bond acceptors (Lipinski definition) is 5. The first-order valence-corrected chi connectivity index (χ1v) is 12.3. The summed E-state index contributed by atoms with van der Waals surface area (Å²) in [5.41, 5.74) is 5.59. The predicted octanol–water partition coefficient (Wildman–Crippen LogP) is 5.23. The van der Waals surface area contributed by atoms with Gasteiger partial charge in [0, 0.05) is 30.9 Å². The number of hydrogen-bond donors (Lipinski definition) is 2. The summed E-state index contributed by atoms with van der Waals surface area (Å²) in [6.07, 6.45) is 3.18. The molecule has 4 rings (SSSR count). The molecule has 0 aliphatic carbocycles. The molecule has 192 valence electrons. The molecule has 0 fully saturated rings. The third-order valence-corrected chi connectivity index (χ3v) is 5.84. The smallest absolute Gasteiger partial charge is 0.287 e. The monoisotopic (exact) mass is 506 g/mol. The maximum Gasteiger partial charge on any atom is 0.287 e. The fourth-order valence-electron chi connectivity index (χ4n) is 3.88. The summed E-state index contributed by atoms with van der Waals surface area (Å²) in [5.74, 6) is -0.285. The summed E-state index contributed by atoms with van der Waals surface area (Å²) in [7, 11) is 3.91. The molecule has 4 aromatic rings. The van der Waals surface area contributed by atoms with Gasteiger partial charge in [-0.05, 0) is 59.7 Å². The van der Waals surface area contributed by atoms with Crippen LogP contribution in [0.5, 0.6) is 5.75 Å². The lowest BCUT2D eigenvalue weighted by Crippen LogP contribution is -2.32. The van der Waals surface area contributed by atoms with Crippen molar-refractivity contribution in [3.05, 3.63) is 113 Å². The normalized spacial score (nSPS) is 11.4. The Labute approximate surface area is 222 Å². The van der Waals surface area contributed by atoms with Crippen LogP contribution in [-0.2, 0) is 4.79 Å². The Kier molecular flexibility index (Phi) is 8.51. The first-order chi connectivity index (χ1) is 18.5. The molecule has 0 unspecified atom stereocenters. The molecule has 38 heavy (non-hydrogen) atoms. The summed E-state index contributed by atoms with van der Waals surface area (Å²) in [4.78, 5) is 28.0. The minimum Gasteiger partial charge on any atom is -0.493 e. The van der Waals surface area contributed by atoms with Gasteiger partial charge in [0.05, 0.1) is 12.8 Å². The van der Waals surface area contributed by atoms with Crippen LogP contribution in [0.25, 0.3) is 16.8 Å². The van der Waals surface area contributed by atoms with Gasteiger partial charge in [0.1, 0.15) is 11.4 Å². The van der Waals surface area contributed by atoms with Gasteiger partial charge in [-0.3, -0.25) is 9.59 Å². The highest BCUT2D eigenvalue weighted by molar-refractivity contribution is 6.06. The number of anilines is 1. The van der Waals surface area contributed by atoms with Crippen LogP contribution in [0.15, 0.2) is 102 Å². The number of nitrogens with zero attached hydrogens (tertiary/aromatic N) is 2. The Bertz CT molecular complexity index is 1480. The van der Waals surface area contributed by atoms with E-state index in [-0.39, 0.29) is 5.70 Å². The fourth-order valence-corrected chi connectivity index (χ4v) is 3.88. The molecule has 0 saturated carbocycles. The molecule has 0 aromatic heterocycles. The molecule has 0 bridgehead atoms. The van der Waals surface area contributed by atoms with Crippen LogP contribution in [0.3, 0.4) is 0 Å². The van der Waals surface area contributed by atoms with E-state index >= 15 is 0 Å². The van der Waals surface area contributed by atoms with Gasteiger partial charge in [-0.15, -0.1) is 0 Å². The summed E-state index contributed by atoms with van der Waals surface area (Å²) >= 11 is 0. The Morgan fingerprint density at radius 1 is 0.895 bits per heavy atom. The maximum atomic E-state index is 13.2. The van der Waals surface area contributed by atoms with E-state index in [0.29, 0.717) is 17.9 Å². The number of hydrazone groups is 1. The number of nitrogens with one attached hydrogen (secondary N) is 2. The number of ether oxygens (including phenoxy) is 1. The number of carbonyl (C=O) groups excluding carboxylic acids is 2. The van der Waals surface area contributed by atoms with Gasteiger partial charge >= 0.3 is 0 Å². The van der Waals surface area contributed by atoms with E-state index in [2.05, 4.69) is 15.8 Å². The molecule has 0 saturated heterocycles. The molecular formula is C31H30N4O3. The van der Waals surface area contributed by atoms with Crippen LogP contribution in [0.1, 0.15) is 28.4 Å². The van der Waals surface area contributed by atoms with Crippen molar-refractivity contribution in [2.24, 2.45) is 5.10 Å². The SMILES string of the molecule is CCOc1ccc2ccccc2c1C=NNC(=O)C(=Cc1ccc(N(C)C)cc1)NC(=O)c1ccccc1. The fraction of sp³-hybridized carbons (Fsp3) is 0.129. The van der Waals surface area contributed by atoms with E-state index in [4.69, 9.17) is 4.74 Å². The Morgan fingerprint density at radius 2 is 1.61 bits per heavy atom. The van der Waals surface area contributed by atoms with Gasteiger partial charge < -0.3 is 15.0 Å².